The summed E-state index contributed by atoms with van der Waals surface area (Å²) in [5, 5.41) is 4.48. The fourth-order valence-electron chi connectivity index (χ4n) is 5.45. The number of nitrogens with two attached hydrogens (primary N) is 2. The van der Waals surface area contributed by atoms with E-state index in [0.717, 1.165) is 81.9 Å². The van der Waals surface area contributed by atoms with E-state index in [4.69, 9.17) is 23.1 Å². The number of nitrogen functional groups attached to an aromatic ring is 2. The molecule has 4 N–H and O–H groups in total. The Bertz CT molecular complexity index is 1840. The molecule has 2 aliphatic heterocycles. The molecule has 0 radical (unpaired) electrons. The third-order valence-corrected chi connectivity index (χ3v) is 9.99. The molecule has 3 aromatic heterocycles. The summed E-state index contributed by atoms with van der Waals surface area (Å²) < 4.78 is 0. The number of rotatable bonds is 2. The van der Waals surface area contributed by atoms with E-state index in [1.807, 2.05) is 6.07 Å². The third-order valence-electron chi connectivity index (χ3n) is 7.79. The van der Waals surface area contributed by atoms with Gasteiger partial charge in [-0.1, -0.05) is 65.8 Å². The molecule has 7 rings (SSSR count). The van der Waals surface area contributed by atoms with Gasteiger partial charge >= 0.3 is 0 Å². The Morgan fingerprint density at radius 2 is 1.31 bits per heavy atom. The highest BCUT2D eigenvalue weighted by Crippen LogP contribution is 2.25. The second kappa shape index (κ2) is 14.9. The molecule has 0 saturated heterocycles. The standard InChI is InChI=1S/C20H19N3S.C15H15ClN4S/c21-20-22-18-10-13-23(14-11-19(18)24-20)12-4-8-16-7-3-6-15-5-1-2-9-17(15)16;16-11-3-4-12(18-10-11)2-1-7-20-8-5-13-14(6-9-20)21-15(17)19-13/h1-3,5-7,9H,10-14H2,(H2,21,22);3-4,10H,5-9H2,(H2,17,19). The maximum absolute atomic E-state index is 5.81. The van der Waals surface area contributed by atoms with Gasteiger partial charge in [-0.2, -0.15) is 0 Å². The maximum atomic E-state index is 5.81. The highest BCUT2D eigenvalue weighted by Gasteiger charge is 2.18. The second-order valence-electron chi connectivity index (χ2n) is 10.9. The topological polar surface area (TPSA) is 97.2 Å². The van der Waals surface area contributed by atoms with Gasteiger partial charge in [0.2, 0.25) is 0 Å². The molecule has 0 aliphatic carbocycles. The van der Waals surface area contributed by atoms with Gasteiger partial charge in [0.25, 0.3) is 0 Å². The first kappa shape index (κ1) is 31.0. The van der Waals surface area contributed by atoms with Crippen LogP contribution in [-0.4, -0.2) is 64.0 Å². The first-order chi connectivity index (χ1) is 22.0. The summed E-state index contributed by atoms with van der Waals surface area (Å²) in [6.07, 6.45) is 5.57. The molecule has 0 amide bonds. The summed E-state index contributed by atoms with van der Waals surface area (Å²) in [5.74, 6) is 13.0. The van der Waals surface area contributed by atoms with Crippen LogP contribution in [0.25, 0.3) is 10.8 Å². The van der Waals surface area contributed by atoms with Crippen LogP contribution >= 0.6 is 34.3 Å². The van der Waals surface area contributed by atoms with Crippen LogP contribution in [0.5, 0.6) is 0 Å². The molecule has 2 aromatic carbocycles. The van der Waals surface area contributed by atoms with Crippen molar-refractivity contribution in [1.82, 2.24) is 24.8 Å². The van der Waals surface area contributed by atoms with Gasteiger partial charge in [0.15, 0.2) is 10.3 Å². The Morgan fingerprint density at radius 3 is 1.96 bits per heavy atom. The fraction of sp³-hybridized carbons (Fsp3) is 0.286. The van der Waals surface area contributed by atoms with Crippen LogP contribution in [0.4, 0.5) is 10.3 Å². The first-order valence-corrected chi connectivity index (χ1v) is 17.0. The van der Waals surface area contributed by atoms with E-state index in [1.165, 1.54) is 26.2 Å². The van der Waals surface area contributed by atoms with Crippen LogP contribution in [0.1, 0.15) is 32.4 Å². The number of fused-ring (bicyclic) bond motifs is 3. The van der Waals surface area contributed by atoms with E-state index in [0.29, 0.717) is 15.3 Å². The van der Waals surface area contributed by atoms with Crippen molar-refractivity contribution in [2.24, 2.45) is 0 Å². The van der Waals surface area contributed by atoms with Crippen LogP contribution in [0.2, 0.25) is 5.02 Å². The number of nitrogens with zero attached hydrogens (tertiary/aromatic N) is 5. The monoisotopic (exact) mass is 651 g/mol. The van der Waals surface area contributed by atoms with Crippen LogP contribution in [0.15, 0.2) is 60.8 Å². The van der Waals surface area contributed by atoms with Gasteiger partial charge in [-0.25, -0.2) is 15.0 Å². The number of halogens is 1. The fourth-order valence-corrected chi connectivity index (χ4v) is 7.29. The molecule has 7 nitrogen and oxygen atoms in total. The number of pyridine rings is 1. The second-order valence-corrected chi connectivity index (χ2v) is 13.6. The lowest BCUT2D eigenvalue weighted by Gasteiger charge is -2.15. The summed E-state index contributed by atoms with van der Waals surface area (Å²) in [5.41, 5.74) is 15.8. The highest BCUT2D eigenvalue weighted by molar-refractivity contribution is 7.15. The van der Waals surface area contributed by atoms with Crippen LogP contribution in [0.3, 0.4) is 0 Å². The van der Waals surface area contributed by atoms with E-state index in [9.17, 15) is 0 Å². The average molecular weight is 652 g/mol. The molecule has 0 fully saturated rings. The Morgan fingerprint density at radius 1 is 0.711 bits per heavy atom. The lowest BCUT2D eigenvalue weighted by atomic mass is 10.1. The van der Waals surface area contributed by atoms with Crippen LogP contribution < -0.4 is 11.5 Å². The minimum Gasteiger partial charge on any atom is -0.375 e. The zero-order chi connectivity index (χ0) is 31.0. The predicted octanol–water partition coefficient (Wildman–Crippen LogP) is 5.56. The molecule has 0 unspecified atom stereocenters. The van der Waals surface area contributed by atoms with E-state index in [2.05, 4.69) is 90.9 Å². The Balaban J connectivity index is 0.000000160. The summed E-state index contributed by atoms with van der Waals surface area (Å²) in [4.78, 5) is 20.4. The van der Waals surface area contributed by atoms with Crippen molar-refractivity contribution >= 4 is 55.3 Å². The molecule has 5 aromatic rings. The Hall–Kier alpha value is -3.96. The van der Waals surface area contributed by atoms with E-state index >= 15 is 0 Å². The first-order valence-electron chi connectivity index (χ1n) is 15.0. The lowest BCUT2D eigenvalue weighted by molar-refractivity contribution is 0.323. The largest absolute Gasteiger partial charge is 0.375 e. The van der Waals surface area contributed by atoms with Gasteiger partial charge in [0.1, 0.15) is 5.69 Å². The predicted molar refractivity (Wildman–Crippen MR) is 188 cm³/mol. The number of hydrogen-bond acceptors (Lipinski definition) is 9. The van der Waals surface area contributed by atoms with Crippen LogP contribution in [0, 0.1) is 23.7 Å². The molecule has 0 bridgehead atoms. The molecule has 0 spiro atoms. The van der Waals surface area contributed by atoms with Crippen LogP contribution in [-0.2, 0) is 25.7 Å². The van der Waals surface area contributed by atoms with Crippen molar-refractivity contribution in [3.8, 4) is 23.7 Å². The van der Waals surface area contributed by atoms with Gasteiger partial charge in [-0.15, -0.1) is 22.7 Å². The van der Waals surface area contributed by atoms with Crippen molar-refractivity contribution in [3.05, 3.63) is 98.2 Å². The smallest absolute Gasteiger partial charge is 0.180 e. The molecule has 45 heavy (non-hydrogen) atoms. The lowest BCUT2D eigenvalue weighted by Crippen LogP contribution is -2.26. The zero-order valence-corrected chi connectivity index (χ0v) is 27.3. The summed E-state index contributed by atoms with van der Waals surface area (Å²) >= 11 is 9.04. The molecule has 228 valence electrons. The van der Waals surface area contributed by atoms with Crippen molar-refractivity contribution in [3.63, 3.8) is 0 Å². The molecule has 5 heterocycles. The molecule has 0 atom stereocenters. The van der Waals surface area contributed by atoms with E-state index in [1.54, 1.807) is 34.9 Å². The molecule has 10 heteroatoms. The summed E-state index contributed by atoms with van der Waals surface area (Å²) in [6.45, 7) is 5.54. The van der Waals surface area contributed by atoms with Crippen molar-refractivity contribution in [1.29, 1.82) is 0 Å². The van der Waals surface area contributed by atoms with Gasteiger partial charge in [0.05, 0.1) is 29.5 Å². The number of aromatic nitrogens is 3. The SMILES string of the molecule is Nc1nc2c(s1)CCN(CC#Cc1ccc(Cl)cn1)CC2.Nc1nc2c(s1)CCN(CC#Cc1cccc3ccccc13)CC2. The Labute approximate surface area is 277 Å². The normalized spacial score (nSPS) is 14.8. The van der Waals surface area contributed by atoms with E-state index in [-0.39, 0.29) is 0 Å². The van der Waals surface area contributed by atoms with Gasteiger partial charge < -0.3 is 11.5 Å². The third kappa shape index (κ3) is 8.40. The average Bonchev–Trinajstić information content (AvgIpc) is 3.46. The number of benzene rings is 2. The number of anilines is 2. The highest BCUT2D eigenvalue weighted by atomic mass is 35.5. The molecule has 0 saturated carbocycles. The quantitative estimate of drug-likeness (QED) is 0.241. The van der Waals surface area contributed by atoms with Crippen molar-refractivity contribution < 1.29 is 0 Å². The number of thiazole rings is 2. The van der Waals surface area contributed by atoms with Gasteiger partial charge in [-0.3, -0.25) is 9.80 Å². The minimum atomic E-state index is 0.631. The van der Waals surface area contributed by atoms with E-state index < -0.39 is 0 Å². The zero-order valence-electron chi connectivity index (χ0n) is 24.9. The Kier molecular flexibility index (Phi) is 10.3. The molecular weight excluding hydrogens is 618 g/mol. The van der Waals surface area contributed by atoms with Gasteiger partial charge in [0, 0.05) is 60.5 Å². The maximum Gasteiger partial charge on any atom is 0.180 e. The minimum absolute atomic E-state index is 0.631. The van der Waals surface area contributed by atoms with Crippen molar-refractivity contribution in [2.45, 2.75) is 25.7 Å². The number of hydrogen-bond donors (Lipinski definition) is 2. The van der Waals surface area contributed by atoms with Crippen molar-refractivity contribution in [2.75, 3.05) is 50.7 Å². The van der Waals surface area contributed by atoms with Gasteiger partial charge in [-0.05, 0) is 47.7 Å². The molecular formula is C35H34ClN7S2. The summed E-state index contributed by atoms with van der Waals surface area (Å²) in [7, 11) is 0. The molecule has 2 aliphatic rings. The summed E-state index contributed by atoms with van der Waals surface area (Å²) in [6, 6.07) is 18.3.